The van der Waals surface area contributed by atoms with E-state index in [0.717, 1.165) is 24.8 Å². The van der Waals surface area contributed by atoms with Gasteiger partial charge in [0.2, 0.25) is 5.91 Å². The SMILES string of the molecule is CCNC(=NCC(C)(C)C(=O)NC)NCCSc1ccccc1. The third-order valence-electron chi connectivity index (χ3n) is 3.22. The van der Waals surface area contributed by atoms with Crippen molar-refractivity contribution in [2.75, 3.05) is 32.4 Å². The van der Waals surface area contributed by atoms with Crippen LogP contribution in [0.2, 0.25) is 0 Å². The van der Waals surface area contributed by atoms with Gasteiger partial charge in [-0.05, 0) is 32.9 Å². The first-order chi connectivity index (χ1) is 11.0. The summed E-state index contributed by atoms with van der Waals surface area (Å²) in [5, 5.41) is 9.19. The number of carbonyl (C=O) groups is 1. The number of hydrogen-bond acceptors (Lipinski definition) is 3. The summed E-state index contributed by atoms with van der Waals surface area (Å²) in [5.74, 6) is 1.70. The van der Waals surface area contributed by atoms with E-state index < -0.39 is 5.41 Å². The highest BCUT2D eigenvalue weighted by atomic mass is 32.2. The molecule has 0 spiro atoms. The van der Waals surface area contributed by atoms with E-state index in [-0.39, 0.29) is 5.91 Å². The summed E-state index contributed by atoms with van der Waals surface area (Å²) in [4.78, 5) is 17.6. The summed E-state index contributed by atoms with van der Waals surface area (Å²) in [5.41, 5.74) is -0.518. The highest BCUT2D eigenvalue weighted by molar-refractivity contribution is 7.99. The molecule has 0 atom stereocenters. The molecule has 1 rings (SSSR count). The van der Waals surface area contributed by atoms with Gasteiger partial charge in [0.15, 0.2) is 5.96 Å². The van der Waals surface area contributed by atoms with E-state index in [0.29, 0.717) is 6.54 Å². The fraction of sp³-hybridized carbons (Fsp3) is 0.529. The van der Waals surface area contributed by atoms with Crippen LogP contribution in [-0.4, -0.2) is 44.3 Å². The maximum atomic E-state index is 11.8. The molecule has 0 aliphatic heterocycles. The maximum absolute atomic E-state index is 11.8. The molecule has 1 amide bonds. The average Bonchev–Trinajstić information content (AvgIpc) is 2.56. The molecule has 0 radical (unpaired) electrons. The van der Waals surface area contributed by atoms with E-state index in [9.17, 15) is 4.79 Å². The van der Waals surface area contributed by atoms with E-state index in [1.54, 1.807) is 18.8 Å². The number of aliphatic imine (C=N–C) groups is 1. The van der Waals surface area contributed by atoms with Gasteiger partial charge in [0.05, 0.1) is 12.0 Å². The first-order valence-electron chi connectivity index (χ1n) is 7.92. The van der Waals surface area contributed by atoms with Crippen LogP contribution in [0, 0.1) is 5.41 Å². The molecule has 5 nitrogen and oxygen atoms in total. The Morgan fingerprint density at radius 2 is 1.91 bits per heavy atom. The van der Waals surface area contributed by atoms with E-state index in [2.05, 4.69) is 33.1 Å². The van der Waals surface area contributed by atoms with Crippen LogP contribution in [0.3, 0.4) is 0 Å². The van der Waals surface area contributed by atoms with Crippen molar-refractivity contribution < 1.29 is 4.79 Å². The van der Waals surface area contributed by atoms with Crippen LogP contribution in [0.5, 0.6) is 0 Å². The van der Waals surface area contributed by atoms with Gasteiger partial charge < -0.3 is 16.0 Å². The minimum Gasteiger partial charge on any atom is -0.359 e. The molecule has 23 heavy (non-hydrogen) atoms. The number of hydrogen-bond donors (Lipinski definition) is 3. The van der Waals surface area contributed by atoms with Crippen LogP contribution >= 0.6 is 11.8 Å². The summed E-state index contributed by atoms with van der Waals surface area (Å²) in [6, 6.07) is 10.3. The fourth-order valence-electron chi connectivity index (χ4n) is 1.88. The zero-order chi connectivity index (χ0) is 17.1. The minimum atomic E-state index is -0.518. The number of nitrogens with zero attached hydrogens (tertiary/aromatic N) is 1. The topological polar surface area (TPSA) is 65.5 Å². The van der Waals surface area contributed by atoms with Gasteiger partial charge in [-0.2, -0.15) is 0 Å². The molecule has 0 saturated carbocycles. The summed E-state index contributed by atoms with van der Waals surface area (Å²) in [6.45, 7) is 7.85. The third-order valence-corrected chi connectivity index (χ3v) is 4.24. The van der Waals surface area contributed by atoms with Crippen molar-refractivity contribution in [1.82, 2.24) is 16.0 Å². The van der Waals surface area contributed by atoms with Crippen molar-refractivity contribution in [3.05, 3.63) is 30.3 Å². The Morgan fingerprint density at radius 1 is 1.22 bits per heavy atom. The zero-order valence-corrected chi connectivity index (χ0v) is 15.3. The van der Waals surface area contributed by atoms with Crippen molar-refractivity contribution in [2.45, 2.75) is 25.7 Å². The van der Waals surface area contributed by atoms with E-state index in [4.69, 9.17) is 0 Å². The van der Waals surface area contributed by atoms with Crippen molar-refractivity contribution in [2.24, 2.45) is 10.4 Å². The van der Waals surface area contributed by atoms with E-state index >= 15 is 0 Å². The number of thioether (sulfide) groups is 1. The van der Waals surface area contributed by atoms with Gasteiger partial charge in [0, 0.05) is 30.8 Å². The first-order valence-corrected chi connectivity index (χ1v) is 8.90. The average molecular weight is 337 g/mol. The summed E-state index contributed by atoms with van der Waals surface area (Å²) < 4.78 is 0. The Kier molecular flexibility index (Phi) is 8.55. The van der Waals surface area contributed by atoms with Gasteiger partial charge in [0.1, 0.15) is 0 Å². The molecule has 0 aliphatic carbocycles. The molecule has 0 aromatic heterocycles. The molecule has 0 saturated heterocycles. The lowest BCUT2D eigenvalue weighted by Gasteiger charge is -2.21. The van der Waals surface area contributed by atoms with E-state index in [1.165, 1.54) is 4.90 Å². The molecule has 0 fully saturated rings. The second-order valence-corrected chi connectivity index (χ2v) is 6.91. The molecule has 6 heteroatoms. The largest absolute Gasteiger partial charge is 0.359 e. The van der Waals surface area contributed by atoms with Gasteiger partial charge in [-0.1, -0.05) is 18.2 Å². The number of guanidine groups is 1. The molecule has 0 unspecified atom stereocenters. The minimum absolute atomic E-state index is 0.00303. The molecule has 128 valence electrons. The molecular formula is C17H28N4OS. The Morgan fingerprint density at radius 3 is 2.52 bits per heavy atom. The van der Waals surface area contributed by atoms with Crippen LogP contribution < -0.4 is 16.0 Å². The number of carbonyl (C=O) groups excluding carboxylic acids is 1. The van der Waals surface area contributed by atoms with Crippen molar-refractivity contribution in [3.63, 3.8) is 0 Å². The van der Waals surface area contributed by atoms with Gasteiger partial charge in [0.25, 0.3) is 0 Å². The van der Waals surface area contributed by atoms with Crippen LogP contribution in [-0.2, 0) is 4.79 Å². The lowest BCUT2D eigenvalue weighted by molar-refractivity contribution is -0.128. The summed E-state index contributed by atoms with van der Waals surface area (Å²) >= 11 is 1.80. The Labute approximate surface area is 143 Å². The molecule has 1 aromatic rings. The lowest BCUT2D eigenvalue weighted by atomic mass is 9.93. The Bertz CT molecular complexity index is 503. The quantitative estimate of drug-likeness (QED) is 0.294. The Balaban J connectivity index is 2.44. The Hall–Kier alpha value is -1.69. The first kappa shape index (κ1) is 19.4. The summed E-state index contributed by atoms with van der Waals surface area (Å²) in [6.07, 6.45) is 0. The summed E-state index contributed by atoms with van der Waals surface area (Å²) in [7, 11) is 1.65. The number of amides is 1. The van der Waals surface area contributed by atoms with Gasteiger partial charge in [-0.3, -0.25) is 9.79 Å². The van der Waals surface area contributed by atoms with Crippen LogP contribution in [0.4, 0.5) is 0 Å². The maximum Gasteiger partial charge on any atom is 0.227 e. The molecular weight excluding hydrogens is 308 g/mol. The predicted octanol–water partition coefficient (Wildman–Crippen LogP) is 2.11. The van der Waals surface area contributed by atoms with Crippen molar-refractivity contribution >= 4 is 23.6 Å². The van der Waals surface area contributed by atoms with Crippen molar-refractivity contribution in [1.29, 1.82) is 0 Å². The molecule has 1 aromatic carbocycles. The molecule has 0 aliphatic rings. The number of benzene rings is 1. The fourth-order valence-corrected chi connectivity index (χ4v) is 2.67. The molecule has 0 bridgehead atoms. The zero-order valence-electron chi connectivity index (χ0n) is 14.5. The standard InChI is InChI=1S/C17H28N4OS/c1-5-19-16(21-13-17(2,3)15(22)18-4)20-11-12-23-14-9-7-6-8-10-14/h6-10H,5,11-13H2,1-4H3,(H,18,22)(H2,19,20,21). The second-order valence-electron chi connectivity index (χ2n) is 5.75. The van der Waals surface area contributed by atoms with E-state index in [1.807, 2.05) is 39.0 Å². The second kappa shape index (κ2) is 10.2. The lowest BCUT2D eigenvalue weighted by Crippen LogP contribution is -2.41. The number of rotatable bonds is 8. The third kappa shape index (κ3) is 7.41. The monoisotopic (exact) mass is 336 g/mol. The van der Waals surface area contributed by atoms with Crippen LogP contribution in [0.25, 0.3) is 0 Å². The normalized spacial score (nSPS) is 11.9. The molecule has 0 heterocycles. The van der Waals surface area contributed by atoms with Crippen LogP contribution in [0.1, 0.15) is 20.8 Å². The number of nitrogens with one attached hydrogen (secondary N) is 3. The highest BCUT2D eigenvalue weighted by Gasteiger charge is 2.26. The van der Waals surface area contributed by atoms with Crippen molar-refractivity contribution in [3.8, 4) is 0 Å². The highest BCUT2D eigenvalue weighted by Crippen LogP contribution is 2.16. The van der Waals surface area contributed by atoms with Crippen LogP contribution in [0.15, 0.2) is 40.2 Å². The smallest absolute Gasteiger partial charge is 0.227 e. The van der Waals surface area contributed by atoms with Gasteiger partial charge in [-0.15, -0.1) is 11.8 Å². The van der Waals surface area contributed by atoms with Gasteiger partial charge in [-0.25, -0.2) is 0 Å². The van der Waals surface area contributed by atoms with Gasteiger partial charge >= 0.3 is 0 Å². The predicted molar refractivity (Wildman–Crippen MR) is 99.0 cm³/mol. The molecule has 3 N–H and O–H groups in total.